The van der Waals surface area contributed by atoms with Gasteiger partial charge in [0.25, 0.3) is 0 Å². The molecule has 2 heteroatoms. The molecule has 1 heterocycles. The Bertz CT molecular complexity index is 83.3. The van der Waals surface area contributed by atoms with E-state index >= 15 is 0 Å². The quantitative estimate of drug-likeness (QED) is 0.430. The van der Waals surface area contributed by atoms with Crippen molar-refractivity contribution >= 4 is 0 Å². The van der Waals surface area contributed by atoms with Crippen LogP contribution in [0.4, 0.5) is 0 Å². The SMILES string of the molecule is CC(C)CCOC[C@H]1CO1. The Labute approximate surface area is 62.5 Å². The molecule has 0 radical (unpaired) electrons. The number of epoxide rings is 1. The first-order valence-electron chi connectivity index (χ1n) is 3.98. The van der Waals surface area contributed by atoms with Crippen molar-refractivity contribution in [1.82, 2.24) is 0 Å². The molecule has 1 fully saturated rings. The van der Waals surface area contributed by atoms with Crippen LogP contribution >= 0.6 is 0 Å². The van der Waals surface area contributed by atoms with Gasteiger partial charge in [0.15, 0.2) is 0 Å². The van der Waals surface area contributed by atoms with Gasteiger partial charge < -0.3 is 9.47 Å². The molecule has 2 nitrogen and oxygen atoms in total. The summed E-state index contributed by atoms with van der Waals surface area (Å²) in [6.07, 6.45) is 1.58. The van der Waals surface area contributed by atoms with Crippen LogP contribution in [0.2, 0.25) is 0 Å². The third-order valence-corrected chi connectivity index (χ3v) is 1.55. The van der Waals surface area contributed by atoms with Crippen molar-refractivity contribution in [2.24, 2.45) is 5.92 Å². The molecule has 0 bridgehead atoms. The van der Waals surface area contributed by atoms with Gasteiger partial charge in [0.1, 0.15) is 6.10 Å². The minimum Gasteiger partial charge on any atom is -0.379 e. The van der Waals surface area contributed by atoms with Crippen molar-refractivity contribution < 1.29 is 9.47 Å². The zero-order valence-electron chi connectivity index (χ0n) is 6.80. The molecule has 10 heavy (non-hydrogen) atoms. The van der Waals surface area contributed by atoms with Gasteiger partial charge in [-0.1, -0.05) is 13.8 Å². The first-order chi connectivity index (χ1) is 4.79. The highest BCUT2D eigenvalue weighted by Crippen LogP contribution is 2.09. The third kappa shape index (κ3) is 3.85. The predicted octanol–water partition coefficient (Wildman–Crippen LogP) is 1.45. The molecule has 60 valence electrons. The van der Waals surface area contributed by atoms with Crippen molar-refractivity contribution in [1.29, 1.82) is 0 Å². The van der Waals surface area contributed by atoms with Crippen LogP contribution in [0, 0.1) is 5.92 Å². The molecule has 1 aliphatic rings. The molecule has 1 rings (SSSR count). The normalized spacial score (nSPS) is 23.7. The van der Waals surface area contributed by atoms with Crippen molar-refractivity contribution in [2.75, 3.05) is 19.8 Å². The van der Waals surface area contributed by atoms with Gasteiger partial charge in [0.2, 0.25) is 0 Å². The Kier molecular flexibility index (Phi) is 3.16. The number of rotatable bonds is 5. The van der Waals surface area contributed by atoms with Crippen molar-refractivity contribution in [3.8, 4) is 0 Å². The van der Waals surface area contributed by atoms with E-state index in [9.17, 15) is 0 Å². The fourth-order valence-corrected chi connectivity index (χ4v) is 0.698. The van der Waals surface area contributed by atoms with Gasteiger partial charge in [-0.15, -0.1) is 0 Å². The average molecular weight is 144 g/mol. The fraction of sp³-hybridized carbons (Fsp3) is 1.00. The molecule has 1 saturated heterocycles. The summed E-state index contributed by atoms with van der Waals surface area (Å²) >= 11 is 0. The molecule has 0 saturated carbocycles. The maximum Gasteiger partial charge on any atom is 0.104 e. The molecule has 0 unspecified atom stereocenters. The molecular weight excluding hydrogens is 128 g/mol. The summed E-state index contributed by atoms with van der Waals surface area (Å²) in [5, 5.41) is 0. The fourth-order valence-electron chi connectivity index (χ4n) is 0.698. The lowest BCUT2D eigenvalue weighted by molar-refractivity contribution is 0.107. The Balaban J connectivity index is 1.76. The molecule has 0 amide bonds. The van der Waals surface area contributed by atoms with Crippen LogP contribution in [0.1, 0.15) is 20.3 Å². The van der Waals surface area contributed by atoms with Crippen LogP contribution < -0.4 is 0 Å². The van der Waals surface area contributed by atoms with Crippen LogP contribution in [0.25, 0.3) is 0 Å². The minimum atomic E-state index is 0.423. The molecular formula is C8H16O2. The summed E-state index contributed by atoms with van der Waals surface area (Å²) in [7, 11) is 0. The Morgan fingerprint density at radius 3 is 2.80 bits per heavy atom. The van der Waals surface area contributed by atoms with Crippen molar-refractivity contribution in [3.05, 3.63) is 0 Å². The predicted molar refractivity (Wildman–Crippen MR) is 40.0 cm³/mol. The van der Waals surface area contributed by atoms with Gasteiger partial charge in [-0.2, -0.15) is 0 Å². The molecule has 0 aromatic heterocycles. The minimum absolute atomic E-state index is 0.423. The summed E-state index contributed by atoms with van der Waals surface area (Å²) in [5.41, 5.74) is 0. The lowest BCUT2D eigenvalue weighted by Crippen LogP contribution is -2.04. The number of ether oxygens (including phenoxy) is 2. The van der Waals surface area contributed by atoms with Crippen LogP contribution in [-0.4, -0.2) is 25.9 Å². The molecule has 1 atom stereocenters. The van der Waals surface area contributed by atoms with Crippen LogP contribution in [0.3, 0.4) is 0 Å². The van der Waals surface area contributed by atoms with E-state index in [1.807, 2.05) is 0 Å². The van der Waals surface area contributed by atoms with Crippen LogP contribution in [0.5, 0.6) is 0 Å². The molecule has 0 N–H and O–H groups in total. The van der Waals surface area contributed by atoms with Crippen LogP contribution in [0.15, 0.2) is 0 Å². The van der Waals surface area contributed by atoms with E-state index in [-0.39, 0.29) is 0 Å². The van der Waals surface area contributed by atoms with Gasteiger partial charge in [0.05, 0.1) is 13.2 Å². The maximum atomic E-state index is 5.34. The number of hydrogen-bond donors (Lipinski definition) is 0. The highest BCUT2D eigenvalue weighted by atomic mass is 16.6. The van der Waals surface area contributed by atoms with E-state index in [2.05, 4.69) is 13.8 Å². The highest BCUT2D eigenvalue weighted by Gasteiger charge is 2.21. The molecule has 0 aliphatic carbocycles. The monoisotopic (exact) mass is 144 g/mol. The first kappa shape index (κ1) is 8.02. The van der Waals surface area contributed by atoms with Gasteiger partial charge >= 0.3 is 0 Å². The summed E-state index contributed by atoms with van der Waals surface area (Å²) in [4.78, 5) is 0. The van der Waals surface area contributed by atoms with E-state index in [4.69, 9.17) is 9.47 Å². The molecule has 0 spiro atoms. The molecule has 0 aromatic rings. The molecule has 0 aromatic carbocycles. The second kappa shape index (κ2) is 3.94. The number of hydrogen-bond acceptors (Lipinski definition) is 2. The lowest BCUT2D eigenvalue weighted by Gasteiger charge is -2.03. The van der Waals surface area contributed by atoms with Gasteiger partial charge in [-0.25, -0.2) is 0 Å². The smallest absolute Gasteiger partial charge is 0.104 e. The van der Waals surface area contributed by atoms with E-state index in [1.165, 1.54) is 0 Å². The largest absolute Gasteiger partial charge is 0.379 e. The lowest BCUT2D eigenvalue weighted by atomic mass is 10.1. The standard InChI is InChI=1S/C8H16O2/c1-7(2)3-4-9-5-8-6-10-8/h7-8H,3-6H2,1-2H3/t8-/m0/s1. The Morgan fingerprint density at radius 1 is 1.60 bits per heavy atom. The van der Waals surface area contributed by atoms with E-state index < -0.39 is 0 Å². The second-order valence-electron chi connectivity index (χ2n) is 3.21. The van der Waals surface area contributed by atoms with E-state index in [1.54, 1.807) is 0 Å². The van der Waals surface area contributed by atoms with Gasteiger partial charge in [0, 0.05) is 6.61 Å². The topological polar surface area (TPSA) is 21.8 Å². The first-order valence-corrected chi connectivity index (χ1v) is 3.98. The summed E-state index contributed by atoms with van der Waals surface area (Å²) in [6.45, 7) is 7.00. The zero-order chi connectivity index (χ0) is 7.40. The highest BCUT2D eigenvalue weighted by molar-refractivity contribution is 4.67. The summed E-state index contributed by atoms with van der Waals surface area (Å²) in [5.74, 6) is 0.750. The van der Waals surface area contributed by atoms with Crippen molar-refractivity contribution in [2.45, 2.75) is 26.4 Å². The Hall–Kier alpha value is -0.0800. The average Bonchev–Trinajstić information content (AvgIpc) is 2.62. The summed E-state index contributed by atoms with van der Waals surface area (Å²) < 4.78 is 10.3. The zero-order valence-corrected chi connectivity index (χ0v) is 6.80. The second-order valence-corrected chi connectivity index (χ2v) is 3.21. The van der Waals surface area contributed by atoms with Crippen molar-refractivity contribution in [3.63, 3.8) is 0 Å². The Morgan fingerprint density at radius 2 is 2.30 bits per heavy atom. The third-order valence-electron chi connectivity index (χ3n) is 1.55. The van der Waals surface area contributed by atoms with E-state index in [0.29, 0.717) is 6.10 Å². The van der Waals surface area contributed by atoms with Gasteiger partial charge in [-0.05, 0) is 12.3 Å². The van der Waals surface area contributed by atoms with Crippen LogP contribution in [-0.2, 0) is 9.47 Å². The van der Waals surface area contributed by atoms with Gasteiger partial charge in [-0.3, -0.25) is 0 Å². The molecule has 1 aliphatic heterocycles. The van der Waals surface area contributed by atoms with E-state index in [0.717, 1.165) is 32.2 Å². The maximum absolute atomic E-state index is 5.34. The summed E-state index contributed by atoms with van der Waals surface area (Å²) in [6, 6.07) is 0.